The van der Waals surface area contributed by atoms with Gasteiger partial charge in [-0.15, -0.1) is 0 Å². The number of nitrogens with zero attached hydrogens (tertiary/aromatic N) is 2. The van der Waals surface area contributed by atoms with Crippen LogP contribution >= 0.6 is 0 Å². The molecule has 1 N–H and O–H groups in total. The zero-order chi connectivity index (χ0) is 6.81. The Kier molecular flexibility index (Phi) is 1.20. The number of hydrazone groups is 1. The number of allylic oxidation sites excluding steroid dienone is 2. The van der Waals surface area contributed by atoms with Gasteiger partial charge in [0.2, 0.25) is 0 Å². The molecule has 0 atom stereocenters. The lowest BCUT2D eigenvalue weighted by atomic mass is 10.3. The van der Waals surface area contributed by atoms with E-state index in [9.17, 15) is 0 Å². The fourth-order valence-electron chi connectivity index (χ4n) is 1.07. The predicted octanol–water partition coefficient (Wildman–Crippen LogP) is 0.289. The zero-order valence-corrected chi connectivity index (χ0v) is 5.62. The van der Waals surface area contributed by atoms with Gasteiger partial charge in [0, 0.05) is 12.7 Å². The SMILES string of the molecule is C1=CC2=NNCCN2C=C1. The molecule has 0 radical (unpaired) electrons. The van der Waals surface area contributed by atoms with Crippen LogP contribution in [-0.2, 0) is 0 Å². The van der Waals surface area contributed by atoms with Crippen LogP contribution in [0.5, 0.6) is 0 Å². The molecule has 2 aliphatic heterocycles. The van der Waals surface area contributed by atoms with E-state index in [4.69, 9.17) is 0 Å². The number of hydrogen-bond donors (Lipinski definition) is 1. The van der Waals surface area contributed by atoms with Crippen molar-refractivity contribution in [2.24, 2.45) is 5.10 Å². The molecule has 10 heavy (non-hydrogen) atoms. The molecule has 0 fully saturated rings. The molecule has 3 heteroatoms. The Morgan fingerprint density at radius 3 is 3.40 bits per heavy atom. The highest BCUT2D eigenvalue weighted by Gasteiger charge is 2.10. The van der Waals surface area contributed by atoms with Gasteiger partial charge in [0.05, 0.1) is 6.54 Å². The van der Waals surface area contributed by atoms with Crippen LogP contribution in [0.25, 0.3) is 0 Å². The quantitative estimate of drug-likeness (QED) is 0.517. The van der Waals surface area contributed by atoms with Gasteiger partial charge < -0.3 is 10.3 Å². The third-order valence-electron chi connectivity index (χ3n) is 1.57. The fourth-order valence-corrected chi connectivity index (χ4v) is 1.07. The molecule has 3 nitrogen and oxygen atoms in total. The second kappa shape index (κ2) is 2.17. The molecule has 0 bridgehead atoms. The van der Waals surface area contributed by atoms with Crippen molar-refractivity contribution < 1.29 is 0 Å². The highest BCUT2D eigenvalue weighted by atomic mass is 15.4. The van der Waals surface area contributed by atoms with Gasteiger partial charge in [-0.3, -0.25) is 0 Å². The summed E-state index contributed by atoms with van der Waals surface area (Å²) in [5, 5.41) is 4.11. The van der Waals surface area contributed by atoms with Crippen molar-refractivity contribution in [3.05, 3.63) is 24.4 Å². The first-order valence-corrected chi connectivity index (χ1v) is 3.39. The summed E-state index contributed by atoms with van der Waals surface area (Å²) in [5.74, 6) is 1.01. The van der Waals surface area contributed by atoms with Gasteiger partial charge in [-0.25, -0.2) is 0 Å². The number of nitrogens with one attached hydrogen (secondary N) is 1. The van der Waals surface area contributed by atoms with E-state index in [1.54, 1.807) is 0 Å². The van der Waals surface area contributed by atoms with E-state index in [0.29, 0.717) is 0 Å². The first-order valence-electron chi connectivity index (χ1n) is 3.39. The van der Waals surface area contributed by atoms with Crippen LogP contribution in [0.4, 0.5) is 0 Å². The molecule has 0 aromatic heterocycles. The Balaban J connectivity index is 2.27. The second-order valence-electron chi connectivity index (χ2n) is 2.27. The van der Waals surface area contributed by atoms with E-state index < -0.39 is 0 Å². The summed E-state index contributed by atoms with van der Waals surface area (Å²) in [4.78, 5) is 2.12. The van der Waals surface area contributed by atoms with Crippen molar-refractivity contribution in [1.82, 2.24) is 10.3 Å². The molecule has 0 amide bonds. The Morgan fingerprint density at radius 2 is 2.50 bits per heavy atom. The van der Waals surface area contributed by atoms with Crippen molar-refractivity contribution in [3.63, 3.8) is 0 Å². The Labute approximate surface area is 59.7 Å². The Bertz CT molecular complexity index is 215. The first kappa shape index (κ1) is 5.53. The molecule has 2 rings (SSSR count). The van der Waals surface area contributed by atoms with Gasteiger partial charge in [-0.1, -0.05) is 6.08 Å². The molecule has 0 unspecified atom stereocenters. The minimum absolute atomic E-state index is 0.932. The van der Waals surface area contributed by atoms with E-state index in [1.807, 2.05) is 24.4 Å². The van der Waals surface area contributed by atoms with Gasteiger partial charge in [0.1, 0.15) is 0 Å². The summed E-state index contributed by atoms with van der Waals surface area (Å²) in [6.45, 7) is 1.95. The number of hydrogen-bond acceptors (Lipinski definition) is 3. The molecule has 0 aliphatic carbocycles. The van der Waals surface area contributed by atoms with Crippen LogP contribution in [0.3, 0.4) is 0 Å². The predicted molar refractivity (Wildman–Crippen MR) is 40.4 cm³/mol. The van der Waals surface area contributed by atoms with Gasteiger partial charge in [0.25, 0.3) is 0 Å². The number of rotatable bonds is 0. The van der Waals surface area contributed by atoms with Crippen molar-refractivity contribution in [2.75, 3.05) is 13.1 Å². The molecular formula is C7H9N3. The van der Waals surface area contributed by atoms with Crippen LogP contribution < -0.4 is 5.43 Å². The maximum atomic E-state index is 4.11. The lowest BCUT2D eigenvalue weighted by Gasteiger charge is -2.25. The maximum absolute atomic E-state index is 4.11. The lowest BCUT2D eigenvalue weighted by molar-refractivity contribution is 0.488. The number of fused-ring (bicyclic) bond motifs is 1. The van der Waals surface area contributed by atoms with E-state index in [-0.39, 0.29) is 0 Å². The molecule has 52 valence electrons. The Morgan fingerprint density at radius 1 is 1.50 bits per heavy atom. The standard InChI is InChI=1S/C7H9N3/c1-2-5-10-6-4-8-9-7(10)3-1/h1-3,5,8H,4,6H2. The third-order valence-corrected chi connectivity index (χ3v) is 1.57. The molecule has 2 aliphatic rings. The highest BCUT2D eigenvalue weighted by molar-refractivity contribution is 5.95. The van der Waals surface area contributed by atoms with Crippen molar-refractivity contribution in [2.45, 2.75) is 0 Å². The summed E-state index contributed by atoms with van der Waals surface area (Å²) in [6, 6.07) is 0. The normalized spacial score (nSPS) is 21.6. The largest absolute Gasteiger partial charge is 0.330 e. The average molecular weight is 135 g/mol. The van der Waals surface area contributed by atoms with Crippen LogP contribution in [0, 0.1) is 0 Å². The van der Waals surface area contributed by atoms with Crippen LogP contribution in [0.15, 0.2) is 29.5 Å². The minimum Gasteiger partial charge on any atom is -0.330 e. The molecule has 0 aromatic carbocycles. The fraction of sp³-hybridized carbons (Fsp3) is 0.286. The number of amidine groups is 1. The molecule has 0 spiro atoms. The van der Waals surface area contributed by atoms with Crippen molar-refractivity contribution in [1.29, 1.82) is 0 Å². The highest BCUT2D eigenvalue weighted by Crippen LogP contribution is 2.03. The van der Waals surface area contributed by atoms with E-state index in [1.165, 1.54) is 0 Å². The summed E-state index contributed by atoms with van der Waals surface area (Å²) in [7, 11) is 0. The molecule has 0 aromatic rings. The Hall–Kier alpha value is -1.25. The van der Waals surface area contributed by atoms with Crippen LogP contribution in [0.1, 0.15) is 0 Å². The summed E-state index contributed by atoms with van der Waals surface area (Å²) in [6.07, 6.45) is 8.04. The van der Waals surface area contributed by atoms with E-state index >= 15 is 0 Å². The summed E-state index contributed by atoms with van der Waals surface area (Å²) < 4.78 is 0. The van der Waals surface area contributed by atoms with Gasteiger partial charge in [-0.2, -0.15) is 5.10 Å². The van der Waals surface area contributed by atoms with Crippen molar-refractivity contribution >= 4 is 5.84 Å². The monoisotopic (exact) mass is 135 g/mol. The molecular weight excluding hydrogens is 126 g/mol. The van der Waals surface area contributed by atoms with Gasteiger partial charge >= 0.3 is 0 Å². The lowest BCUT2D eigenvalue weighted by Crippen LogP contribution is -2.37. The summed E-state index contributed by atoms with van der Waals surface area (Å²) in [5.41, 5.74) is 2.95. The minimum atomic E-state index is 0.932. The summed E-state index contributed by atoms with van der Waals surface area (Å²) >= 11 is 0. The van der Waals surface area contributed by atoms with E-state index in [0.717, 1.165) is 18.9 Å². The smallest absolute Gasteiger partial charge is 0.152 e. The molecule has 2 heterocycles. The maximum Gasteiger partial charge on any atom is 0.152 e. The van der Waals surface area contributed by atoms with Gasteiger partial charge in [-0.05, 0) is 12.2 Å². The first-order chi connectivity index (χ1) is 4.97. The molecule has 0 saturated carbocycles. The topological polar surface area (TPSA) is 27.6 Å². The van der Waals surface area contributed by atoms with Crippen LogP contribution in [0.2, 0.25) is 0 Å². The third kappa shape index (κ3) is 0.795. The molecule has 0 saturated heterocycles. The van der Waals surface area contributed by atoms with Crippen LogP contribution in [-0.4, -0.2) is 23.8 Å². The second-order valence-corrected chi connectivity index (χ2v) is 2.27. The van der Waals surface area contributed by atoms with Gasteiger partial charge in [0.15, 0.2) is 5.84 Å². The average Bonchev–Trinajstić information content (AvgIpc) is 2.05. The van der Waals surface area contributed by atoms with Crippen molar-refractivity contribution in [3.8, 4) is 0 Å². The zero-order valence-electron chi connectivity index (χ0n) is 5.62. The van der Waals surface area contributed by atoms with E-state index in [2.05, 4.69) is 15.4 Å².